The summed E-state index contributed by atoms with van der Waals surface area (Å²) in [6.07, 6.45) is 7.17. The van der Waals surface area contributed by atoms with Gasteiger partial charge in [0.15, 0.2) is 0 Å². The summed E-state index contributed by atoms with van der Waals surface area (Å²) in [5, 5.41) is 9.30. The Morgan fingerprint density at radius 2 is 2.13 bits per heavy atom. The van der Waals surface area contributed by atoms with E-state index in [2.05, 4.69) is 6.92 Å². The monoisotopic (exact) mass is 230 g/mol. The Kier molecular flexibility index (Phi) is 4.65. The maximum absolute atomic E-state index is 11.3. The van der Waals surface area contributed by atoms with Gasteiger partial charge in [0.25, 0.3) is 0 Å². The van der Waals surface area contributed by atoms with E-state index in [4.69, 9.17) is 11.6 Å². The molecule has 0 aliphatic heterocycles. The van der Waals surface area contributed by atoms with E-state index < -0.39 is 11.4 Å². The van der Waals surface area contributed by atoms with Gasteiger partial charge in [-0.15, -0.1) is 0 Å². The van der Waals surface area contributed by atoms with E-state index in [0.29, 0.717) is 6.42 Å². The molecule has 1 fully saturated rings. The van der Waals surface area contributed by atoms with Gasteiger partial charge in [0.05, 0.1) is 5.41 Å². The van der Waals surface area contributed by atoms with Gasteiger partial charge < -0.3 is 5.11 Å². The van der Waals surface area contributed by atoms with Crippen molar-refractivity contribution in [1.82, 2.24) is 0 Å². The van der Waals surface area contributed by atoms with Crippen molar-refractivity contribution in [2.45, 2.75) is 45.4 Å². The van der Waals surface area contributed by atoms with Crippen LogP contribution >= 0.6 is 11.6 Å². The van der Waals surface area contributed by atoms with Crippen LogP contribution in [0, 0.1) is 11.3 Å². The molecule has 0 saturated heterocycles. The van der Waals surface area contributed by atoms with Crippen molar-refractivity contribution in [2.24, 2.45) is 11.3 Å². The molecule has 0 amide bonds. The number of hydrogen-bond donors (Lipinski definition) is 1. The van der Waals surface area contributed by atoms with Gasteiger partial charge in [0.1, 0.15) is 0 Å². The Labute approximate surface area is 96.3 Å². The fourth-order valence-corrected chi connectivity index (χ4v) is 2.50. The Balaban J connectivity index is 2.64. The average molecular weight is 231 g/mol. The van der Waals surface area contributed by atoms with Crippen LogP contribution in [0.5, 0.6) is 0 Å². The van der Waals surface area contributed by atoms with Crippen LogP contribution in [0.4, 0.5) is 0 Å². The topological polar surface area (TPSA) is 37.3 Å². The molecule has 86 valence electrons. The molecule has 0 bridgehead atoms. The molecule has 1 saturated carbocycles. The number of rotatable bonds is 4. The summed E-state index contributed by atoms with van der Waals surface area (Å²) in [4.78, 5) is 11.3. The van der Waals surface area contributed by atoms with E-state index in [9.17, 15) is 9.90 Å². The maximum atomic E-state index is 11.3. The molecule has 0 atom stereocenters. The zero-order valence-corrected chi connectivity index (χ0v) is 9.96. The number of carboxylic acid groups (broad SMARTS) is 1. The molecule has 3 heteroatoms. The van der Waals surface area contributed by atoms with Gasteiger partial charge in [-0.2, -0.15) is 0 Å². The van der Waals surface area contributed by atoms with Gasteiger partial charge in [-0.05, 0) is 38.0 Å². The molecule has 0 spiro atoms. The standard InChI is InChI=1S/C12H19ClO2/c1-2-10-4-7-12(8-5-10,11(14)15)6-3-9-13/h3,9-10H,2,4-8H2,1H3,(H,14,15)/b9-3+. The SMILES string of the molecule is CCC1CCC(C/C=C/Cl)(C(=O)O)CC1. The zero-order chi connectivity index (χ0) is 11.3. The molecule has 1 N–H and O–H groups in total. The van der Waals surface area contributed by atoms with Crippen LogP contribution in [-0.4, -0.2) is 11.1 Å². The minimum atomic E-state index is -0.660. The quantitative estimate of drug-likeness (QED) is 0.798. The zero-order valence-electron chi connectivity index (χ0n) is 9.21. The first-order valence-corrected chi connectivity index (χ1v) is 6.07. The Morgan fingerprint density at radius 1 is 1.53 bits per heavy atom. The van der Waals surface area contributed by atoms with Crippen molar-refractivity contribution < 1.29 is 9.90 Å². The summed E-state index contributed by atoms with van der Waals surface area (Å²) >= 11 is 5.47. The molecule has 15 heavy (non-hydrogen) atoms. The first-order chi connectivity index (χ1) is 7.14. The number of aliphatic carboxylic acids is 1. The third-order valence-corrected chi connectivity index (χ3v) is 3.87. The largest absolute Gasteiger partial charge is 0.481 e. The predicted molar refractivity (Wildman–Crippen MR) is 61.9 cm³/mol. The highest BCUT2D eigenvalue weighted by Gasteiger charge is 2.40. The van der Waals surface area contributed by atoms with Gasteiger partial charge in [0, 0.05) is 5.54 Å². The lowest BCUT2D eigenvalue weighted by Crippen LogP contribution is -2.34. The lowest BCUT2D eigenvalue weighted by molar-refractivity contribution is -0.151. The summed E-state index contributed by atoms with van der Waals surface area (Å²) in [5.41, 5.74) is 0.883. The minimum Gasteiger partial charge on any atom is -0.481 e. The van der Waals surface area contributed by atoms with E-state index in [1.165, 1.54) is 12.0 Å². The predicted octanol–water partition coefficient (Wildman–Crippen LogP) is 3.80. The fourth-order valence-electron chi connectivity index (χ4n) is 2.41. The molecule has 1 rings (SSSR count). The van der Waals surface area contributed by atoms with Gasteiger partial charge >= 0.3 is 5.97 Å². The number of hydrogen-bond acceptors (Lipinski definition) is 1. The second-order valence-corrected chi connectivity index (χ2v) is 4.75. The third kappa shape index (κ3) is 2.97. The summed E-state index contributed by atoms with van der Waals surface area (Å²) in [5.74, 6) is 0.0595. The maximum Gasteiger partial charge on any atom is 0.309 e. The summed E-state index contributed by atoms with van der Waals surface area (Å²) < 4.78 is 0. The van der Waals surface area contributed by atoms with Crippen molar-refractivity contribution >= 4 is 17.6 Å². The first-order valence-electron chi connectivity index (χ1n) is 5.63. The Hall–Kier alpha value is -0.500. The van der Waals surface area contributed by atoms with E-state index in [1.54, 1.807) is 6.08 Å². The molecule has 1 aliphatic rings. The summed E-state index contributed by atoms with van der Waals surface area (Å²) in [6.45, 7) is 2.18. The number of carboxylic acids is 1. The van der Waals surface area contributed by atoms with Crippen molar-refractivity contribution in [3.63, 3.8) is 0 Å². The van der Waals surface area contributed by atoms with Crippen LogP contribution in [0.2, 0.25) is 0 Å². The number of halogens is 1. The van der Waals surface area contributed by atoms with Crippen molar-refractivity contribution in [1.29, 1.82) is 0 Å². The lowest BCUT2D eigenvalue weighted by atomic mass is 9.68. The fraction of sp³-hybridized carbons (Fsp3) is 0.750. The second kappa shape index (κ2) is 5.55. The van der Waals surface area contributed by atoms with Crippen LogP contribution < -0.4 is 0 Å². The Morgan fingerprint density at radius 3 is 2.53 bits per heavy atom. The average Bonchev–Trinajstić information content (AvgIpc) is 2.27. The van der Waals surface area contributed by atoms with Gasteiger partial charge in [0.2, 0.25) is 0 Å². The van der Waals surface area contributed by atoms with Crippen molar-refractivity contribution in [3.8, 4) is 0 Å². The van der Waals surface area contributed by atoms with E-state index >= 15 is 0 Å². The van der Waals surface area contributed by atoms with Crippen LogP contribution in [0.3, 0.4) is 0 Å². The molecule has 0 heterocycles. The molecule has 0 radical (unpaired) electrons. The summed E-state index contributed by atoms with van der Waals surface area (Å²) in [7, 11) is 0. The molecule has 1 aliphatic carbocycles. The number of carbonyl (C=O) groups is 1. The van der Waals surface area contributed by atoms with Crippen LogP contribution in [0.25, 0.3) is 0 Å². The molecule has 0 aromatic heterocycles. The van der Waals surface area contributed by atoms with Crippen LogP contribution in [0.1, 0.15) is 45.4 Å². The van der Waals surface area contributed by atoms with Crippen LogP contribution in [0.15, 0.2) is 11.6 Å². The highest BCUT2D eigenvalue weighted by molar-refractivity contribution is 6.25. The first kappa shape index (κ1) is 12.6. The third-order valence-electron chi connectivity index (χ3n) is 3.69. The molecule has 0 unspecified atom stereocenters. The van der Waals surface area contributed by atoms with Crippen molar-refractivity contribution in [2.75, 3.05) is 0 Å². The highest BCUT2D eigenvalue weighted by Crippen LogP contribution is 2.43. The van der Waals surface area contributed by atoms with Gasteiger partial charge in [-0.25, -0.2) is 0 Å². The molecular formula is C12H19ClO2. The number of allylic oxidation sites excluding steroid dienone is 1. The molecule has 2 nitrogen and oxygen atoms in total. The molecular weight excluding hydrogens is 212 g/mol. The van der Waals surface area contributed by atoms with E-state index in [-0.39, 0.29) is 0 Å². The van der Waals surface area contributed by atoms with Crippen molar-refractivity contribution in [3.05, 3.63) is 11.6 Å². The second-order valence-electron chi connectivity index (χ2n) is 4.50. The highest BCUT2D eigenvalue weighted by atomic mass is 35.5. The molecule has 0 aromatic rings. The lowest BCUT2D eigenvalue weighted by Gasteiger charge is -2.35. The summed E-state index contributed by atoms with van der Waals surface area (Å²) in [6, 6.07) is 0. The Bertz CT molecular complexity index is 240. The molecule has 0 aromatic carbocycles. The van der Waals surface area contributed by atoms with E-state index in [1.807, 2.05) is 0 Å². The van der Waals surface area contributed by atoms with E-state index in [0.717, 1.165) is 31.6 Å². The smallest absolute Gasteiger partial charge is 0.309 e. The normalized spacial score (nSPS) is 32.0. The van der Waals surface area contributed by atoms with Gasteiger partial charge in [-0.1, -0.05) is 31.0 Å². The van der Waals surface area contributed by atoms with Crippen LogP contribution in [-0.2, 0) is 4.79 Å². The van der Waals surface area contributed by atoms with Gasteiger partial charge in [-0.3, -0.25) is 4.79 Å². The minimum absolute atomic E-state index is 0.545.